The number of hydrogen-bond donors (Lipinski definition) is 0. The van der Waals surface area contributed by atoms with Crippen LogP contribution in [0.4, 0.5) is 4.39 Å². The van der Waals surface area contributed by atoms with Gasteiger partial charge in [0.1, 0.15) is 5.82 Å². The smallest absolute Gasteiger partial charge is 0.123 e. The summed E-state index contributed by atoms with van der Waals surface area (Å²) in [5.74, 6) is -0.168. The summed E-state index contributed by atoms with van der Waals surface area (Å²) in [6.45, 7) is 7.13. The van der Waals surface area contributed by atoms with Gasteiger partial charge >= 0.3 is 0 Å². The first-order valence-corrected chi connectivity index (χ1v) is 5.80. The van der Waals surface area contributed by atoms with E-state index in [0.29, 0.717) is 12.1 Å². The SMILES string of the molecule is C[C@@H]1C[N-][C@@H](C)CN1Cc1ccc(F)cc1. The Labute approximate surface area is 96.5 Å². The molecule has 0 N–H and O–H groups in total. The van der Waals surface area contributed by atoms with Crippen molar-refractivity contribution < 1.29 is 4.39 Å². The summed E-state index contributed by atoms with van der Waals surface area (Å²) < 4.78 is 12.8. The van der Waals surface area contributed by atoms with Gasteiger partial charge < -0.3 is 5.32 Å². The largest absolute Gasteiger partial charge is 0.657 e. The first-order valence-electron chi connectivity index (χ1n) is 5.80. The zero-order valence-electron chi connectivity index (χ0n) is 9.86. The van der Waals surface area contributed by atoms with Crippen molar-refractivity contribution in [2.45, 2.75) is 32.5 Å². The zero-order valence-corrected chi connectivity index (χ0v) is 9.86. The Morgan fingerprint density at radius 3 is 2.69 bits per heavy atom. The van der Waals surface area contributed by atoms with Crippen LogP contribution in [0.2, 0.25) is 0 Å². The van der Waals surface area contributed by atoms with Crippen LogP contribution in [-0.4, -0.2) is 30.1 Å². The molecule has 0 saturated carbocycles. The molecule has 0 unspecified atom stereocenters. The molecule has 3 heteroatoms. The van der Waals surface area contributed by atoms with Gasteiger partial charge in [0.25, 0.3) is 0 Å². The molecule has 1 aliphatic heterocycles. The van der Waals surface area contributed by atoms with E-state index in [0.717, 1.165) is 19.6 Å². The summed E-state index contributed by atoms with van der Waals surface area (Å²) in [7, 11) is 0. The van der Waals surface area contributed by atoms with Crippen molar-refractivity contribution in [2.24, 2.45) is 0 Å². The fraction of sp³-hybridized carbons (Fsp3) is 0.538. The van der Waals surface area contributed by atoms with Crippen LogP contribution < -0.4 is 0 Å². The van der Waals surface area contributed by atoms with Crippen LogP contribution in [0, 0.1) is 5.82 Å². The predicted molar refractivity (Wildman–Crippen MR) is 64.0 cm³/mol. The summed E-state index contributed by atoms with van der Waals surface area (Å²) in [4.78, 5) is 2.41. The molecule has 1 saturated heterocycles. The minimum absolute atomic E-state index is 0.168. The van der Waals surface area contributed by atoms with Crippen molar-refractivity contribution in [3.63, 3.8) is 0 Å². The molecule has 2 rings (SSSR count). The highest BCUT2D eigenvalue weighted by Crippen LogP contribution is 2.18. The standard InChI is InChI=1S/C13H18FN2/c1-10-8-16(11(2)7-15-10)9-12-3-5-13(14)6-4-12/h3-6,10-11H,7-9H2,1-2H3/q-1/t10-,11+/m0/s1. The lowest BCUT2D eigenvalue weighted by atomic mass is 10.1. The molecule has 1 fully saturated rings. The zero-order chi connectivity index (χ0) is 11.5. The highest BCUT2D eigenvalue weighted by Gasteiger charge is 2.15. The summed E-state index contributed by atoms with van der Waals surface area (Å²) in [6.07, 6.45) is 0. The normalized spacial score (nSPS) is 26.9. The van der Waals surface area contributed by atoms with Gasteiger partial charge in [-0.25, -0.2) is 4.39 Å². The predicted octanol–water partition coefficient (Wildman–Crippen LogP) is 2.79. The minimum Gasteiger partial charge on any atom is -0.657 e. The lowest BCUT2D eigenvalue weighted by Crippen LogP contribution is -2.44. The molecule has 0 bridgehead atoms. The van der Waals surface area contributed by atoms with E-state index in [1.807, 2.05) is 12.1 Å². The van der Waals surface area contributed by atoms with Gasteiger partial charge in [-0.3, -0.25) is 4.90 Å². The van der Waals surface area contributed by atoms with E-state index >= 15 is 0 Å². The molecule has 88 valence electrons. The van der Waals surface area contributed by atoms with Gasteiger partial charge in [-0.1, -0.05) is 26.0 Å². The highest BCUT2D eigenvalue weighted by atomic mass is 19.1. The maximum atomic E-state index is 12.8. The van der Waals surface area contributed by atoms with E-state index in [4.69, 9.17) is 0 Å². The summed E-state index contributed by atoms with van der Waals surface area (Å²) in [6, 6.07) is 7.67. The number of piperazine rings is 1. The molecule has 0 aromatic heterocycles. The fourth-order valence-electron chi connectivity index (χ4n) is 2.07. The van der Waals surface area contributed by atoms with Crippen LogP contribution in [-0.2, 0) is 6.54 Å². The van der Waals surface area contributed by atoms with Gasteiger partial charge in [-0.15, -0.1) is 12.6 Å². The van der Waals surface area contributed by atoms with E-state index in [-0.39, 0.29) is 5.82 Å². The number of nitrogens with zero attached hydrogens (tertiary/aromatic N) is 2. The first kappa shape index (κ1) is 11.6. The molecular formula is C13H18FN2-. The van der Waals surface area contributed by atoms with E-state index < -0.39 is 0 Å². The second-order valence-corrected chi connectivity index (χ2v) is 4.62. The number of rotatable bonds is 2. The third-order valence-corrected chi connectivity index (χ3v) is 3.10. The van der Waals surface area contributed by atoms with Crippen molar-refractivity contribution in [3.05, 3.63) is 41.0 Å². The van der Waals surface area contributed by atoms with E-state index in [1.54, 1.807) is 0 Å². The molecule has 2 atom stereocenters. The van der Waals surface area contributed by atoms with Crippen molar-refractivity contribution in [1.82, 2.24) is 4.90 Å². The number of hydrogen-bond acceptors (Lipinski definition) is 1. The molecule has 1 heterocycles. The summed E-state index contributed by atoms with van der Waals surface area (Å²) in [5, 5.41) is 4.52. The van der Waals surface area contributed by atoms with Gasteiger partial charge in [0, 0.05) is 6.54 Å². The molecule has 0 amide bonds. The first-order chi connectivity index (χ1) is 7.65. The average molecular weight is 221 g/mol. The summed E-state index contributed by atoms with van der Waals surface area (Å²) >= 11 is 0. The Kier molecular flexibility index (Phi) is 3.56. The van der Waals surface area contributed by atoms with Gasteiger partial charge in [0.05, 0.1) is 0 Å². The topological polar surface area (TPSA) is 17.3 Å². The molecule has 1 aliphatic rings. The molecule has 1 aromatic carbocycles. The van der Waals surface area contributed by atoms with Crippen LogP contribution in [0.1, 0.15) is 19.4 Å². The second kappa shape index (κ2) is 4.93. The van der Waals surface area contributed by atoms with Crippen molar-refractivity contribution >= 4 is 0 Å². The Morgan fingerprint density at radius 1 is 1.31 bits per heavy atom. The molecule has 0 radical (unpaired) electrons. The Bertz CT molecular complexity index is 336. The van der Waals surface area contributed by atoms with Crippen LogP contribution in [0.5, 0.6) is 0 Å². The average Bonchev–Trinajstić information content (AvgIpc) is 2.27. The van der Waals surface area contributed by atoms with Gasteiger partial charge in [0.2, 0.25) is 0 Å². The van der Waals surface area contributed by atoms with Crippen LogP contribution in [0.15, 0.2) is 24.3 Å². The lowest BCUT2D eigenvalue weighted by molar-refractivity contribution is 0.181. The van der Waals surface area contributed by atoms with Gasteiger partial charge in [-0.05, 0) is 30.3 Å². The molecule has 1 aromatic rings. The minimum atomic E-state index is -0.168. The van der Waals surface area contributed by atoms with E-state index in [2.05, 4.69) is 24.1 Å². The van der Waals surface area contributed by atoms with E-state index in [9.17, 15) is 4.39 Å². The third kappa shape index (κ3) is 2.80. The van der Waals surface area contributed by atoms with E-state index in [1.165, 1.54) is 17.7 Å². The maximum Gasteiger partial charge on any atom is 0.123 e. The quantitative estimate of drug-likeness (QED) is 0.750. The molecule has 0 spiro atoms. The van der Waals surface area contributed by atoms with Crippen LogP contribution in [0.3, 0.4) is 0 Å². The molecule has 2 nitrogen and oxygen atoms in total. The highest BCUT2D eigenvalue weighted by molar-refractivity contribution is 5.16. The maximum absolute atomic E-state index is 12.8. The Balaban J connectivity index is 2.00. The number of halogens is 1. The Morgan fingerprint density at radius 2 is 2.00 bits per heavy atom. The van der Waals surface area contributed by atoms with Crippen molar-refractivity contribution in [3.8, 4) is 0 Å². The molecular weight excluding hydrogens is 203 g/mol. The van der Waals surface area contributed by atoms with Crippen LogP contribution in [0.25, 0.3) is 5.32 Å². The number of benzene rings is 1. The van der Waals surface area contributed by atoms with Crippen molar-refractivity contribution in [1.29, 1.82) is 0 Å². The fourth-order valence-corrected chi connectivity index (χ4v) is 2.07. The van der Waals surface area contributed by atoms with Crippen molar-refractivity contribution in [2.75, 3.05) is 13.1 Å². The van der Waals surface area contributed by atoms with Gasteiger partial charge in [-0.2, -0.15) is 0 Å². The summed E-state index contributed by atoms with van der Waals surface area (Å²) in [5.41, 5.74) is 1.17. The Hall–Kier alpha value is -0.930. The third-order valence-electron chi connectivity index (χ3n) is 3.10. The monoisotopic (exact) mass is 221 g/mol. The van der Waals surface area contributed by atoms with Gasteiger partial charge in [0.15, 0.2) is 0 Å². The van der Waals surface area contributed by atoms with Crippen LogP contribution >= 0.6 is 0 Å². The molecule has 16 heavy (non-hydrogen) atoms. The lowest BCUT2D eigenvalue weighted by Gasteiger charge is -2.46. The molecule has 0 aliphatic carbocycles. The second-order valence-electron chi connectivity index (χ2n) is 4.62.